The van der Waals surface area contributed by atoms with Gasteiger partial charge in [-0.25, -0.2) is 9.97 Å². The molecule has 0 radical (unpaired) electrons. The highest BCUT2D eigenvalue weighted by molar-refractivity contribution is 8.00. The summed E-state index contributed by atoms with van der Waals surface area (Å²) in [7, 11) is 1.82. The van der Waals surface area contributed by atoms with Gasteiger partial charge in [-0.3, -0.25) is 4.79 Å². The lowest BCUT2D eigenvalue weighted by atomic mass is 10.2. The molecule has 0 aliphatic carbocycles. The Hall–Kier alpha value is -2.12. The molecule has 0 aliphatic heterocycles. The molecule has 136 valence electrons. The van der Waals surface area contributed by atoms with Crippen molar-refractivity contribution in [1.29, 1.82) is 0 Å². The molecule has 2 heterocycles. The average molecular weight is 387 g/mol. The third-order valence-corrected chi connectivity index (χ3v) is 5.88. The van der Waals surface area contributed by atoms with E-state index >= 15 is 0 Å². The van der Waals surface area contributed by atoms with Crippen LogP contribution in [0, 0.1) is 0 Å². The fraction of sp³-hybridized carbons (Fsp3) is 0.316. The van der Waals surface area contributed by atoms with Gasteiger partial charge >= 0.3 is 0 Å². The number of thiazole rings is 1. The van der Waals surface area contributed by atoms with Gasteiger partial charge in [0.05, 0.1) is 18.7 Å². The second-order valence-electron chi connectivity index (χ2n) is 5.92. The summed E-state index contributed by atoms with van der Waals surface area (Å²) in [5.41, 5.74) is 2.06. The third-order valence-electron chi connectivity index (χ3n) is 3.93. The molecule has 0 saturated heterocycles. The van der Waals surface area contributed by atoms with Crippen molar-refractivity contribution in [3.63, 3.8) is 0 Å². The molecule has 7 heteroatoms. The zero-order valence-electron chi connectivity index (χ0n) is 15.0. The topological polar surface area (TPSA) is 51.0 Å². The molecule has 2 aromatic heterocycles. The summed E-state index contributed by atoms with van der Waals surface area (Å²) >= 11 is 3.31. The molecule has 0 spiro atoms. The zero-order chi connectivity index (χ0) is 18.4. The lowest BCUT2D eigenvalue weighted by molar-refractivity contribution is -0.129. The van der Waals surface area contributed by atoms with Crippen molar-refractivity contribution >= 4 is 29.0 Å². The van der Waals surface area contributed by atoms with E-state index in [0.29, 0.717) is 13.0 Å². The summed E-state index contributed by atoms with van der Waals surface area (Å²) in [4.78, 5) is 23.2. The van der Waals surface area contributed by atoms with Gasteiger partial charge in [-0.1, -0.05) is 49.0 Å². The second kappa shape index (κ2) is 9.00. The number of imidazole rings is 1. The van der Waals surface area contributed by atoms with E-state index in [2.05, 4.69) is 33.6 Å². The zero-order valence-corrected chi connectivity index (χ0v) is 16.6. The van der Waals surface area contributed by atoms with Crippen LogP contribution >= 0.6 is 23.1 Å². The summed E-state index contributed by atoms with van der Waals surface area (Å²) in [6, 6.07) is 10.2. The van der Waals surface area contributed by atoms with Gasteiger partial charge in [0.1, 0.15) is 10.2 Å². The van der Waals surface area contributed by atoms with E-state index in [1.54, 1.807) is 34.2 Å². The van der Waals surface area contributed by atoms with Crippen molar-refractivity contribution in [2.24, 2.45) is 0 Å². The van der Waals surface area contributed by atoms with Crippen molar-refractivity contribution in [2.45, 2.75) is 30.8 Å². The summed E-state index contributed by atoms with van der Waals surface area (Å²) in [5, 5.41) is 1.97. The maximum Gasteiger partial charge on any atom is 0.228 e. The van der Waals surface area contributed by atoms with Crippen LogP contribution < -0.4 is 0 Å². The Balaban J connectivity index is 1.59. The molecule has 0 unspecified atom stereocenters. The van der Waals surface area contributed by atoms with Crippen molar-refractivity contribution in [3.8, 4) is 0 Å². The molecule has 0 aliphatic rings. The number of likely N-dealkylation sites (N-methyl/N-ethyl adjacent to an activating group) is 1. The highest BCUT2D eigenvalue weighted by Crippen LogP contribution is 2.22. The van der Waals surface area contributed by atoms with Crippen LogP contribution in [-0.4, -0.2) is 38.1 Å². The first kappa shape index (κ1) is 18.7. The number of benzene rings is 1. The summed E-state index contributed by atoms with van der Waals surface area (Å²) in [6.45, 7) is 3.34. The largest absolute Gasteiger partial charge is 0.338 e. The van der Waals surface area contributed by atoms with Crippen LogP contribution in [0.15, 0.2) is 52.4 Å². The number of carbonyl (C=O) groups is 1. The third kappa shape index (κ3) is 4.95. The van der Waals surface area contributed by atoms with E-state index in [1.807, 2.05) is 36.8 Å². The fourth-order valence-electron chi connectivity index (χ4n) is 2.57. The predicted octanol–water partition coefficient (Wildman–Crippen LogP) is 3.70. The summed E-state index contributed by atoms with van der Waals surface area (Å²) < 4.78 is 3.11. The average Bonchev–Trinajstić information content (AvgIpc) is 3.26. The van der Waals surface area contributed by atoms with E-state index in [-0.39, 0.29) is 5.91 Å². The Kier molecular flexibility index (Phi) is 6.46. The molecule has 0 saturated carbocycles. The van der Waals surface area contributed by atoms with Gasteiger partial charge < -0.3 is 9.47 Å². The highest BCUT2D eigenvalue weighted by atomic mass is 32.2. The van der Waals surface area contributed by atoms with Gasteiger partial charge in [0.2, 0.25) is 5.91 Å². The molecule has 0 N–H and O–H groups in total. The van der Waals surface area contributed by atoms with Gasteiger partial charge in [-0.15, -0.1) is 11.3 Å². The fourth-order valence-corrected chi connectivity index (χ4v) is 4.31. The second-order valence-corrected chi connectivity index (χ2v) is 8.29. The molecule has 26 heavy (non-hydrogen) atoms. The standard InChI is InChI=1S/C19H22N4OS2/c1-3-25-19-21-16(14-26-19)11-18(24)22(2)13-17-20-9-10-23(17)12-15-7-5-4-6-8-15/h4-10,14H,3,11-13H2,1-2H3. The smallest absolute Gasteiger partial charge is 0.228 e. The molecule has 3 aromatic rings. The van der Waals surface area contributed by atoms with E-state index in [4.69, 9.17) is 0 Å². The minimum atomic E-state index is 0.0533. The van der Waals surface area contributed by atoms with Crippen LogP contribution in [0.5, 0.6) is 0 Å². The van der Waals surface area contributed by atoms with Crippen LogP contribution in [0.4, 0.5) is 0 Å². The first-order valence-corrected chi connectivity index (χ1v) is 10.4. The Morgan fingerprint density at radius 1 is 1.31 bits per heavy atom. The van der Waals surface area contributed by atoms with E-state index in [0.717, 1.165) is 28.2 Å². The number of nitrogens with zero attached hydrogens (tertiary/aromatic N) is 4. The number of hydrogen-bond acceptors (Lipinski definition) is 5. The molecule has 0 fully saturated rings. The van der Waals surface area contributed by atoms with Gasteiger partial charge in [-0.2, -0.15) is 0 Å². The summed E-state index contributed by atoms with van der Waals surface area (Å²) in [6.07, 6.45) is 4.07. The normalized spacial score (nSPS) is 10.8. The Labute approximate surface area is 162 Å². The van der Waals surface area contributed by atoms with Gasteiger partial charge in [0.15, 0.2) is 0 Å². The van der Waals surface area contributed by atoms with Crippen molar-refractivity contribution < 1.29 is 4.79 Å². The Bertz CT molecular complexity index is 844. The Morgan fingerprint density at radius 3 is 2.88 bits per heavy atom. The quantitative estimate of drug-likeness (QED) is 0.554. The molecular weight excluding hydrogens is 364 g/mol. The molecule has 1 aromatic carbocycles. The number of aromatic nitrogens is 3. The predicted molar refractivity (Wildman–Crippen MR) is 106 cm³/mol. The molecule has 0 bridgehead atoms. The lowest BCUT2D eigenvalue weighted by Crippen LogP contribution is -2.29. The SMILES string of the molecule is CCSc1nc(CC(=O)N(C)Cc2nccn2Cc2ccccc2)cs1. The van der Waals surface area contributed by atoms with Gasteiger partial charge in [-0.05, 0) is 11.3 Å². The lowest BCUT2D eigenvalue weighted by Gasteiger charge is -2.17. The first-order valence-electron chi connectivity index (χ1n) is 8.50. The van der Waals surface area contributed by atoms with Crippen molar-refractivity contribution in [3.05, 3.63) is 65.2 Å². The minimum absolute atomic E-state index is 0.0533. The van der Waals surface area contributed by atoms with Crippen LogP contribution in [0.25, 0.3) is 0 Å². The molecule has 0 atom stereocenters. The maximum atomic E-state index is 12.5. The minimum Gasteiger partial charge on any atom is -0.338 e. The van der Waals surface area contributed by atoms with E-state index in [9.17, 15) is 4.79 Å². The van der Waals surface area contributed by atoms with Crippen LogP contribution in [0.3, 0.4) is 0 Å². The van der Waals surface area contributed by atoms with Crippen LogP contribution in [-0.2, 0) is 24.3 Å². The van der Waals surface area contributed by atoms with Crippen molar-refractivity contribution in [2.75, 3.05) is 12.8 Å². The first-order chi connectivity index (χ1) is 12.7. The molecular formula is C19H22N4OS2. The van der Waals surface area contributed by atoms with Crippen LogP contribution in [0.2, 0.25) is 0 Å². The number of thioether (sulfide) groups is 1. The van der Waals surface area contributed by atoms with E-state index in [1.165, 1.54) is 5.56 Å². The maximum absolute atomic E-state index is 12.5. The summed E-state index contributed by atoms with van der Waals surface area (Å²) in [5.74, 6) is 1.92. The van der Waals surface area contributed by atoms with Gasteiger partial charge in [0.25, 0.3) is 0 Å². The van der Waals surface area contributed by atoms with Gasteiger partial charge in [0, 0.05) is 31.4 Å². The molecule has 5 nitrogen and oxygen atoms in total. The highest BCUT2D eigenvalue weighted by Gasteiger charge is 2.15. The number of hydrogen-bond donors (Lipinski definition) is 0. The number of carbonyl (C=O) groups excluding carboxylic acids is 1. The number of rotatable bonds is 8. The van der Waals surface area contributed by atoms with Crippen LogP contribution in [0.1, 0.15) is 24.0 Å². The number of amides is 1. The van der Waals surface area contributed by atoms with Crippen molar-refractivity contribution in [1.82, 2.24) is 19.4 Å². The monoisotopic (exact) mass is 386 g/mol. The molecule has 3 rings (SSSR count). The molecule has 1 amide bonds. The Morgan fingerprint density at radius 2 is 2.12 bits per heavy atom. The van der Waals surface area contributed by atoms with E-state index < -0.39 is 0 Å².